The Morgan fingerprint density at radius 2 is 1.77 bits per heavy atom. The van der Waals surface area contributed by atoms with Crippen LogP contribution in [0.25, 0.3) is 12.2 Å². The molecule has 4 heterocycles. The Morgan fingerprint density at radius 3 is 2.45 bits per heavy atom. The lowest BCUT2D eigenvalue weighted by molar-refractivity contribution is -0.142. The van der Waals surface area contributed by atoms with Crippen molar-refractivity contribution in [3.8, 4) is 0 Å². The number of aromatic nitrogens is 4. The molecule has 1 spiro atoms. The first kappa shape index (κ1) is 33.6. The number of carboxylic acid groups (broad SMARTS) is 1. The van der Waals surface area contributed by atoms with Gasteiger partial charge in [-0.05, 0) is 103 Å². The van der Waals surface area contributed by atoms with Crippen LogP contribution in [0.4, 0.5) is 11.8 Å². The molecule has 0 atom stereocenters. The predicted octanol–water partition coefficient (Wildman–Crippen LogP) is 5.26. The van der Waals surface area contributed by atoms with Crippen LogP contribution in [0, 0.1) is 12.3 Å². The molecule has 11 heteroatoms. The van der Waals surface area contributed by atoms with Crippen molar-refractivity contribution in [3.05, 3.63) is 41.8 Å². The van der Waals surface area contributed by atoms with Gasteiger partial charge in [-0.1, -0.05) is 6.58 Å². The number of hydrogen-bond donors (Lipinski definition) is 2. The summed E-state index contributed by atoms with van der Waals surface area (Å²) in [5.41, 5.74) is 3.34. The average molecular weight is 610 g/mol. The number of aryl methyl sites for hydroxylation is 1. The molecule has 0 aliphatic carbocycles. The summed E-state index contributed by atoms with van der Waals surface area (Å²) in [4.78, 5) is 29.5. The molecule has 0 aromatic carbocycles. The van der Waals surface area contributed by atoms with E-state index in [-0.39, 0.29) is 6.61 Å². The second kappa shape index (κ2) is 16.2. The summed E-state index contributed by atoms with van der Waals surface area (Å²) in [5, 5.41) is 12.0. The molecule has 2 saturated heterocycles. The molecule has 2 aliphatic rings. The molecule has 242 valence electrons. The maximum Gasteiger partial charge on any atom is 0.329 e. The van der Waals surface area contributed by atoms with E-state index in [9.17, 15) is 4.79 Å². The number of nitrogens with zero attached hydrogens (tertiary/aromatic N) is 6. The van der Waals surface area contributed by atoms with E-state index in [0.717, 1.165) is 86.8 Å². The van der Waals surface area contributed by atoms with Crippen molar-refractivity contribution in [1.29, 1.82) is 0 Å². The number of anilines is 2. The molecule has 0 amide bonds. The van der Waals surface area contributed by atoms with Gasteiger partial charge in [-0.15, -0.1) is 0 Å². The van der Waals surface area contributed by atoms with E-state index in [1.807, 2.05) is 25.3 Å². The summed E-state index contributed by atoms with van der Waals surface area (Å²) in [6.45, 7) is 19.2. The molecular formula is C33H51N7O4. The van der Waals surface area contributed by atoms with Crippen LogP contribution in [0.1, 0.15) is 82.6 Å². The van der Waals surface area contributed by atoms with Crippen LogP contribution in [-0.2, 0) is 14.3 Å². The number of piperidine rings is 2. The van der Waals surface area contributed by atoms with Crippen LogP contribution in [0.2, 0.25) is 0 Å². The predicted molar refractivity (Wildman–Crippen MR) is 175 cm³/mol. The van der Waals surface area contributed by atoms with E-state index in [4.69, 9.17) is 19.6 Å². The Balaban J connectivity index is 1.20. The van der Waals surface area contributed by atoms with Gasteiger partial charge >= 0.3 is 5.97 Å². The Bertz CT molecular complexity index is 1260. The van der Waals surface area contributed by atoms with Gasteiger partial charge in [0.2, 0.25) is 5.95 Å². The molecule has 2 aliphatic heterocycles. The Labute approximate surface area is 262 Å². The average Bonchev–Trinajstić information content (AvgIpc) is 3.32. The van der Waals surface area contributed by atoms with Crippen LogP contribution >= 0.6 is 0 Å². The molecule has 0 saturated carbocycles. The standard InChI is InChI=1S/C33H51N7O4/c1-6-28-29(40(25(2)3)27(5)36-28)23-26(4)35-30-9-14-34-32(37-30)39-18-12-33(13-19-39)10-16-38(17-11-33)15-7-20-43-21-8-22-44-24-31(41)42/h6,9,14,23,25H,1,7-8,10-13,15-22,24H2,2-5H3,(H,41,42)(H,34,35,37)/b26-23+. The Morgan fingerprint density at radius 1 is 1.09 bits per heavy atom. The zero-order valence-corrected chi connectivity index (χ0v) is 27.1. The van der Waals surface area contributed by atoms with Crippen molar-refractivity contribution in [2.45, 2.75) is 72.3 Å². The van der Waals surface area contributed by atoms with Gasteiger partial charge in [-0.3, -0.25) is 0 Å². The molecule has 0 radical (unpaired) electrons. The van der Waals surface area contributed by atoms with Crippen LogP contribution in [-0.4, -0.2) is 94.6 Å². The minimum Gasteiger partial charge on any atom is -0.480 e. The van der Waals surface area contributed by atoms with Gasteiger partial charge in [-0.2, -0.15) is 4.98 Å². The molecule has 44 heavy (non-hydrogen) atoms. The summed E-state index contributed by atoms with van der Waals surface area (Å²) in [5.74, 6) is 1.63. The largest absolute Gasteiger partial charge is 0.480 e. The monoisotopic (exact) mass is 609 g/mol. The van der Waals surface area contributed by atoms with E-state index >= 15 is 0 Å². The lowest BCUT2D eigenvalue weighted by Crippen LogP contribution is -2.47. The van der Waals surface area contributed by atoms with Crippen molar-refractivity contribution in [1.82, 2.24) is 24.4 Å². The quantitative estimate of drug-likeness (QED) is 0.244. The van der Waals surface area contributed by atoms with Gasteiger partial charge in [0, 0.05) is 57.4 Å². The molecule has 2 fully saturated rings. The van der Waals surface area contributed by atoms with Crippen molar-refractivity contribution in [2.24, 2.45) is 5.41 Å². The van der Waals surface area contributed by atoms with Crippen LogP contribution in [0.5, 0.6) is 0 Å². The van der Waals surface area contributed by atoms with Crippen molar-refractivity contribution < 1.29 is 19.4 Å². The maximum absolute atomic E-state index is 10.4. The zero-order valence-electron chi connectivity index (χ0n) is 27.1. The topological polar surface area (TPSA) is 118 Å². The molecule has 2 N–H and O–H groups in total. The number of allylic oxidation sites excluding steroid dienone is 1. The summed E-state index contributed by atoms with van der Waals surface area (Å²) < 4.78 is 12.9. The molecule has 2 aromatic heterocycles. The first-order valence-corrected chi connectivity index (χ1v) is 16.0. The van der Waals surface area contributed by atoms with E-state index in [2.05, 4.69) is 63.1 Å². The van der Waals surface area contributed by atoms with Crippen LogP contribution < -0.4 is 10.2 Å². The second-order valence-electron chi connectivity index (χ2n) is 12.4. The minimum atomic E-state index is -0.934. The number of aliphatic carboxylic acids is 1. The number of likely N-dealkylation sites (tertiary alicyclic amines) is 1. The Kier molecular flexibility index (Phi) is 12.3. The highest BCUT2D eigenvalue weighted by Gasteiger charge is 2.38. The highest BCUT2D eigenvalue weighted by Crippen LogP contribution is 2.41. The first-order chi connectivity index (χ1) is 21.2. The SMILES string of the molecule is C=Cc1nc(C)n(C(C)C)c1/C=C(\C)Nc1ccnc(N2CCC3(CCN(CCCOCCCOCC(=O)O)CC3)CC2)n1. The summed E-state index contributed by atoms with van der Waals surface area (Å²) in [6, 6.07) is 2.22. The third-order valence-electron chi connectivity index (χ3n) is 8.77. The Hall–Kier alpha value is -3.28. The normalized spacial score (nSPS) is 17.4. The van der Waals surface area contributed by atoms with Crippen LogP contribution in [0.15, 0.2) is 24.5 Å². The van der Waals surface area contributed by atoms with Crippen molar-refractivity contribution >= 4 is 29.9 Å². The minimum absolute atomic E-state index is 0.241. The van der Waals surface area contributed by atoms with Gasteiger partial charge in [0.1, 0.15) is 18.2 Å². The number of imidazole rings is 1. The molecule has 0 unspecified atom stereocenters. The van der Waals surface area contributed by atoms with Gasteiger partial charge in [0.05, 0.1) is 11.4 Å². The van der Waals surface area contributed by atoms with Gasteiger partial charge in [-0.25, -0.2) is 14.8 Å². The molecular weight excluding hydrogens is 558 g/mol. The highest BCUT2D eigenvalue weighted by atomic mass is 16.5. The lowest BCUT2D eigenvalue weighted by atomic mass is 9.71. The fourth-order valence-corrected chi connectivity index (χ4v) is 6.39. The van der Waals surface area contributed by atoms with E-state index < -0.39 is 5.97 Å². The number of carbonyl (C=O) groups is 1. The second-order valence-corrected chi connectivity index (χ2v) is 12.4. The highest BCUT2D eigenvalue weighted by molar-refractivity contribution is 5.68. The number of rotatable bonds is 16. The number of carboxylic acids is 1. The molecule has 0 bridgehead atoms. The first-order valence-electron chi connectivity index (χ1n) is 16.0. The van der Waals surface area contributed by atoms with Gasteiger partial charge in [0.25, 0.3) is 0 Å². The molecule has 11 nitrogen and oxygen atoms in total. The van der Waals surface area contributed by atoms with E-state index in [1.54, 1.807) is 0 Å². The maximum atomic E-state index is 10.4. The van der Waals surface area contributed by atoms with E-state index in [1.165, 1.54) is 25.7 Å². The van der Waals surface area contributed by atoms with Crippen molar-refractivity contribution in [3.63, 3.8) is 0 Å². The lowest BCUT2D eigenvalue weighted by Gasteiger charge is -2.47. The smallest absolute Gasteiger partial charge is 0.329 e. The van der Waals surface area contributed by atoms with Gasteiger partial charge in [0.15, 0.2) is 0 Å². The van der Waals surface area contributed by atoms with Crippen molar-refractivity contribution in [2.75, 3.05) is 69.4 Å². The fourth-order valence-electron chi connectivity index (χ4n) is 6.39. The summed E-state index contributed by atoms with van der Waals surface area (Å²) in [7, 11) is 0. The number of nitrogens with one attached hydrogen (secondary N) is 1. The number of ether oxygens (including phenoxy) is 2. The molecule has 2 aromatic rings. The zero-order chi connectivity index (χ0) is 31.5. The number of hydrogen-bond acceptors (Lipinski definition) is 9. The fraction of sp³-hybridized carbons (Fsp3) is 0.636. The van der Waals surface area contributed by atoms with E-state index in [0.29, 0.717) is 24.7 Å². The third kappa shape index (κ3) is 9.36. The third-order valence-corrected chi connectivity index (χ3v) is 8.77. The van der Waals surface area contributed by atoms with Gasteiger partial charge < -0.3 is 34.3 Å². The van der Waals surface area contributed by atoms with Crippen LogP contribution in [0.3, 0.4) is 0 Å². The summed E-state index contributed by atoms with van der Waals surface area (Å²) in [6.07, 6.45) is 12.4. The molecule has 4 rings (SSSR count). The summed E-state index contributed by atoms with van der Waals surface area (Å²) >= 11 is 0.